The van der Waals surface area contributed by atoms with E-state index in [1.54, 1.807) is 0 Å². The zero-order valence-corrected chi connectivity index (χ0v) is 12.5. The molecule has 2 atom stereocenters. The van der Waals surface area contributed by atoms with Crippen LogP contribution in [0, 0.1) is 12.8 Å². The number of rotatable bonds is 5. The first-order chi connectivity index (χ1) is 9.65. The van der Waals surface area contributed by atoms with Gasteiger partial charge in [0.15, 0.2) is 0 Å². The average Bonchev–Trinajstić information content (AvgIpc) is 2.92. The van der Waals surface area contributed by atoms with Gasteiger partial charge in [-0.3, -0.25) is 4.79 Å². The molecule has 1 saturated heterocycles. The molecular formula is C16H24N2O2. The van der Waals surface area contributed by atoms with E-state index in [0.29, 0.717) is 18.0 Å². The Balaban J connectivity index is 2.00. The van der Waals surface area contributed by atoms with Gasteiger partial charge in [-0.15, -0.1) is 0 Å². The van der Waals surface area contributed by atoms with E-state index >= 15 is 0 Å². The molecule has 2 N–H and O–H groups in total. The van der Waals surface area contributed by atoms with Crippen molar-refractivity contribution in [2.75, 3.05) is 25.5 Å². The minimum atomic E-state index is -0.0141. The SMILES string of the molecule is CCC1OCCC1CNC(=O)c1cc(C)ccc1NC. The lowest BCUT2D eigenvalue weighted by molar-refractivity contribution is 0.0827. The van der Waals surface area contributed by atoms with Gasteiger partial charge in [-0.1, -0.05) is 18.6 Å². The third-order valence-corrected chi connectivity index (χ3v) is 3.96. The molecule has 0 radical (unpaired) electrons. The number of carbonyl (C=O) groups excluding carboxylic acids is 1. The zero-order chi connectivity index (χ0) is 14.5. The average molecular weight is 276 g/mol. The van der Waals surface area contributed by atoms with E-state index in [0.717, 1.165) is 30.7 Å². The lowest BCUT2D eigenvalue weighted by Crippen LogP contribution is -2.33. The van der Waals surface area contributed by atoms with E-state index < -0.39 is 0 Å². The summed E-state index contributed by atoms with van der Waals surface area (Å²) in [5, 5.41) is 6.11. The lowest BCUT2D eigenvalue weighted by Gasteiger charge is -2.18. The van der Waals surface area contributed by atoms with Crippen molar-refractivity contribution < 1.29 is 9.53 Å². The standard InChI is InChI=1S/C16H24N2O2/c1-4-15-12(7-8-20-15)10-18-16(19)13-9-11(2)5-6-14(13)17-3/h5-6,9,12,15,17H,4,7-8,10H2,1-3H3,(H,18,19). The molecule has 2 rings (SSSR count). The second kappa shape index (κ2) is 6.75. The Morgan fingerprint density at radius 1 is 1.45 bits per heavy atom. The van der Waals surface area contributed by atoms with E-state index in [1.165, 1.54) is 0 Å². The largest absolute Gasteiger partial charge is 0.387 e. The number of hydrogen-bond donors (Lipinski definition) is 2. The van der Waals surface area contributed by atoms with Crippen molar-refractivity contribution in [3.05, 3.63) is 29.3 Å². The van der Waals surface area contributed by atoms with Crippen molar-refractivity contribution >= 4 is 11.6 Å². The van der Waals surface area contributed by atoms with Crippen LogP contribution in [-0.2, 0) is 4.74 Å². The predicted molar refractivity (Wildman–Crippen MR) is 81.2 cm³/mol. The summed E-state index contributed by atoms with van der Waals surface area (Å²) < 4.78 is 5.65. The first kappa shape index (κ1) is 14.9. The predicted octanol–water partition coefficient (Wildman–Crippen LogP) is 2.58. The van der Waals surface area contributed by atoms with Crippen molar-refractivity contribution in [1.29, 1.82) is 0 Å². The van der Waals surface area contributed by atoms with E-state index in [4.69, 9.17) is 4.74 Å². The van der Waals surface area contributed by atoms with Crippen LogP contribution in [-0.4, -0.2) is 32.2 Å². The smallest absolute Gasteiger partial charge is 0.253 e. The molecule has 4 nitrogen and oxygen atoms in total. The molecule has 1 aliphatic heterocycles. The maximum atomic E-state index is 12.3. The normalized spacial score (nSPS) is 21.8. The van der Waals surface area contributed by atoms with Crippen LogP contribution in [0.4, 0.5) is 5.69 Å². The highest BCUT2D eigenvalue weighted by Gasteiger charge is 2.27. The van der Waals surface area contributed by atoms with Crippen LogP contribution in [0.25, 0.3) is 0 Å². The zero-order valence-electron chi connectivity index (χ0n) is 12.5. The van der Waals surface area contributed by atoms with Crippen molar-refractivity contribution in [3.63, 3.8) is 0 Å². The van der Waals surface area contributed by atoms with Gasteiger partial charge in [0.2, 0.25) is 0 Å². The van der Waals surface area contributed by atoms with Gasteiger partial charge in [-0.25, -0.2) is 0 Å². The third-order valence-electron chi connectivity index (χ3n) is 3.96. The van der Waals surface area contributed by atoms with Gasteiger partial charge in [0.1, 0.15) is 0 Å². The number of benzene rings is 1. The van der Waals surface area contributed by atoms with E-state index in [9.17, 15) is 4.79 Å². The molecule has 0 aromatic heterocycles. The topological polar surface area (TPSA) is 50.4 Å². The minimum Gasteiger partial charge on any atom is -0.387 e. The molecule has 1 aromatic carbocycles. The van der Waals surface area contributed by atoms with E-state index in [1.807, 2.05) is 32.2 Å². The number of ether oxygens (including phenoxy) is 1. The Morgan fingerprint density at radius 3 is 2.95 bits per heavy atom. The van der Waals surface area contributed by atoms with Gasteiger partial charge < -0.3 is 15.4 Å². The number of amides is 1. The number of carbonyl (C=O) groups is 1. The molecule has 0 spiro atoms. The van der Waals surface area contributed by atoms with Crippen LogP contribution in [0.2, 0.25) is 0 Å². The highest BCUT2D eigenvalue weighted by atomic mass is 16.5. The number of aryl methyl sites for hydroxylation is 1. The van der Waals surface area contributed by atoms with Crippen molar-refractivity contribution in [1.82, 2.24) is 5.32 Å². The summed E-state index contributed by atoms with van der Waals surface area (Å²) in [6.45, 7) is 5.62. The maximum Gasteiger partial charge on any atom is 0.253 e. The highest BCUT2D eigenvalue weighted by molar-refractivity contribution is 5.99. The molecule has 0 bridgehead atoms. The Bertz CT molecular complexity index is 474. The summed E-state index contributed by atoms with van der Waals surface area (Å²) in [5.41, 5.74) is 2.66. The van der Waals surface area contributed by atoms with E-state index in [2.05, 4.69) is 17.6 Å². The van der Waals surface area contributed by atoms with Gasteiger partial charge in [-0.2, -0.15) is 0 Å². The van der Waals surface area contributed by atoms with Gasteiger partial charge >= 0.3 is 0 Å². The molecule has 20 heavy (non-hydrogen) atoms. The molecule has 1 aromatic rings. The van der Waals surface area contributed by atoms with Crippen LogP contribution in [0.3, 0.4) is 0 Å². The van der Waals surface area contributed by atoms with Gasteiger partial charge in [0.05, 0.1) is 11.7 Å². The monoisotopic (exact) mass is 276 g/mol. The maximum absolute atomic E-state index is 12.3. The fourth-order valence-electron chi connectivity index (χ4n) is 2.76. The third kappa shape index (κ3) is 3.31. The number of nitrogens with one attached hydrogen (secondary N) is 2. The molecule has 2 unspecified atom stereocenters. The molecule has 1 heterocycles. The van der Waals surface area contributed by atoms with Crippen LogP contribution >= 0.6 is 0 Å². The van der Waals surface area contributed by atoms with Crippen molar-refractivity contribution in [3.8, 4) is 0 Å². The summed E-state index contributed by atoms with van der Waals surface area (Å²) >= 11 is 0. The molecular weight excluding hydrogens is 252 g/mol. The molecule has 4 heteroatoms. The quantitative estimate of drug-likeness (QED) is 0.869. The van der Waals surface area contributed by atoms with Gasteiger partial charge in [0, 0.05) is 31.8 Å². The number of anilines is 1. The van der Waals surface area contributed by atoms with Gasteiger partial charge in [-0.05, 0) is 31.9 Å². The minimum absolute atomic E-state index is 0.0141. The van der Waals surface area contributed by atoms with Gasteiger partial charge in [0.25, 0.3) is 5.91 Å². The van der Waals surface area contributed by atoms with Crippen molar-refractivity contribution in [2.24, 2.45) is 5.92 Å². The summed E-state index contributed by atoms with van der Waals surface area (Å²) in [6, 6.07) is 5.86. The number of hydrogen-bond acceptors (Lipinski definition) is 3. The van der Waals surface area contributed by atoms with Crippen LogP contribution in [0.5, 0.6) is 0 Å². The summed E-state index contributed by atoms with van der Waals surface area (Å²) in [4.78, 5) is 12.3. The van der Waals surface area contributed by atoms with Crippen LogP contribution < -0.4 is 10.6 Å². The molecule has 1 amide bonds. The lowest BCUT2D eigenvalue weighted by atomic mass is 9.99. The fraction of sp³-hybridized carbons (Fsp3) is 0.562. The second-order valence-corrected chi connectivity index (χ2v) is 5.38. The highest BCUT2D eigenvalue weighted by Crippen LogP contribution is 2.23. The summed E-state index contributed by atoms with van der Waals surface area (Å²) in [7, 11) is 1.83. The first-order valence-corrected chi connectivity index (χ1v) is 7.34. The summed E-state index contributed by atoms with van der Waals surface area (Å²) in [6.07, 6.45) is 2.33. The Kier molecular flexibility index (Phi) is 5.01. The Labute approximate surface area is 120 Å². The van der Waals surface area contributed by atoms with Crippen LogP contribution in [0.1, 0.15) is 35.7 Å². The molecule has 1 aliphatic rings. The second-order valence-electron chi connectivity index (χ2n) is 5.38. The van der Waals surface area contributed by atoms with Crippen molar-refractivity contribution in [2.45, 2.75) is 32.8 Å². The molecule has 0 aliphatic carbocycles. The van der Waals surface area contributed by atoms with E-state index in [-0.39, 0.29) is 12.0 Å². The fourth-order valence-corrected chi connectivity index (χ4v) is 2.76. The molecule has 1 fully saturated rings. The molecule has 110 valence electrons. The van der Waals surface area contributed by atoms with Crippen LogP contribution in [0.15, 0.2) is 18.2 Å². The first-order valence-electron chi connectivity index (χ1n) is 7.34. The Morgan fingerprint density at radius 2 is 2.25 bits per heavy atom. The Hall–Kier alpha value is -1.55. The summed E-state index contributed by atoms with van der Waals surface area (Å²) in [5.74, 6) is 0.423. The molecule has 0 saturated carbocycles.